The molecule has 1 saturated carbocycles. The van der Waals surface area contributed by atoms with E-state index in [1.165, 1.54) is 25.7 Å². The van der Waals surface area contributed by atoms with Crippen LogP contribution in [0, 0.1) is 18.8 Å². The number of hydrogen-bond acceptors (Lipinski definition) is 3. The lowest BCUT2D eigenvalue weighted by Crippen LogP contribution is -2.35. The Morgan fingerprint density at radius 1 is 1.18 bits per heavy atom. The number of aromatic nitrogens is 2. The molecule has 1 aliphatic rings. The Balaban J connectivity index is 2.02. The SMILES string of the molecule is Cc1ccc(NC2CCCCC2C(C)C)nn1. The smallest absolute Gasteiger partial charge is 0.148 e. The Morgan fingerprint density at radius 3 is 2.59 bits per heavy atom. The largest absolute Gasteiger partial charge is 0.366 e. The first kappa shape index (κ1) is 12.3. The van der Waals surface area contributed by atoms with Gasteiger partial charge in [0, 0.05) is 6.04 Å². The van der Waals surface area contributed by atoms with Crippen LogP contribution >= 0.6 is 0 Å². The summed E-state index contributed by atoms with van der Waals surface area (Å²) >= 11 is 0. The van der Waals surface area contributed by atoms with Gasteiger partial charge < -0.3 is 5.32 Å². The zero-order chi connectivity index (χ0) is 12.3. The van der Waals surface area contributed by atoms with Gasteiger partial charge in [-0.25, -0.2) is 0 Å². The molecule has 17 heavy (non-hydrogen) atoms. The maximum atomic E-state index is 4.21. The number of nitrogens with one attached hydrogen (secondary N) is 1. The summed E-state index contributed by atoms with van der Waals surface area (Å²) in [4.78, 5) is 0. The van der Waals surface area contributed by atoms with Crippen LogP contribution in [-0.4, -0.2) is 16.2 Å². The summed E-state index contributed by atoms with van der Waals surface area (Å²) < 4.78 is 0. The van der Waals surface area contributed by atoms with Crippen molar-refractivity contribution in [3.63, 3.8) is 0 Å². The van der Waals surface area contributed by atoms with Gasteiger partial charge in [-0.2, -0.15) is 5.10 Å². The topological polar surface area (TPSA) is 37.8 Å². The highest BCUT2D eigenvalue weighted by atomic mass is 15.2. The molecule has 0 spiro atoms. The number of rotatable bonds is 3. The number of aryl methyl sites for hydroxylation is 1. The fourth-order valence-electron chi connectivity index (χ4n) is 2.80. The molecule has 2 atom stereocenters. The Morgan fingerprint density at radius 2 is 1.94 bits per heavy atom. The van der Waals surface area contributed by atoms with Gasteiger partial charge in [-0.05, 0) is 43.7 Å². The highest BCUT2D eigenvalue weighted by Crippen LogP contribution is 2.31. The van der Waals surface area contributed by atoms with Gasteiger partial charge in [0.2, 0.25) is 0 Å². The van der Waals surface area contributed by atoms with E-state index in [0.717, 1.165) is 23.3 Å². The van der Waals surface area contributed by atoms with Gasteiger partial charge in [-0.3, -0.25) is 0 Å². The standard InChI is InChI=1S/C14H23N3/c1-10(2)12-6-4-5-7-13(12)15-14-9-8-11(3)16-17-14/h8-10,12-13H,4-7H2,1-3H3,(H,15,17). The van der Waals surface area contributed by atoms with Crippen molar-refractivity contribution >= 4 is 5.82 Å². The van der Waals surface area contributed by atoms with Gasteiger partial charge in [-0.15, -0.1) is 5.10 Å². The number of nitrogens with zero attached hydrogens (tertiary/aromatic N) is 2. The second-order valence-corrected chi connectivity index (χ2v) is 5.50. The van der Waals surface area contributed by atoms with E-state index < -0.39 is 0 Å². The average molecular weight is 233 g/mol. The van der Waals surface area contributed by atoms with Gasteiger partial charge in [-0.1, -0.05) is 26.7 Å². The van der Waals surface area contributed by atoms with E-state index in [0.29, 0.717) is 6.04 Å². The molecule has 1 fully saturated rings. The highest BCUT2D eigenvalue weighted by Gasteiger charge is 2.27. The lowest BCUT2D eigenvalue weighted by atomic mass is 9.78. The highest BCUT2D eigenvalue weighted by molar-refractivity contribution is 5.34. The average Bonchev–Trinajstić information content (AvgIpc) is 2.32. The van der Waals surface area contributed by atoms with Crippen molar-refractivity contribution in [1.82, 2.24) is 10.2 Å². The minimum atomic E-state index is 0.570. The molecule has 0 radical (unpaired) electrons. The molecule has 3 nitrogen and oxygen atoms in total. The lowest BCUT2D eigenvalue weighted by molar-refractivity contribution is 0.253. The van der Waals surface area contributed by atoms with Crippen LogP contribution in [0.15, 0.2) is 12.1 Å². The van der Waals surface area contributed by atoms with E-state index in [1.54, 1.807) is 0 Å². The van der Waals surface area contributed by atoms with Crippen LogP contribution in [0.25, 0.3) is 0 Å². The predicted octanol–water partition coefficient (Wildman–Crippen LogP) is 3.41. The minimum absolute atomic E-state index is 0.570. The summed E-state index contributed by atoms with van der Waals surface area (Å²) in [6.07, 6.45) is 5.31. The second kappa shape index (κ2) is 5.48. The first-order valence-corrected chi connectivity index (χ1v) is 6.73. The van der Waals surface area contributed by atoms with Crippen molar-refractivity contribution in [3.05, 3.63) is 17.8 Å². The summed E-state index contributed by atoms with van der Waals surface area (Å²) in [5.74, 6) is 2.44. The molecule has 0 aromatic carbocycles. The molecule has 3 heteroatoms. The van der Waals surface area contributed by atoms with Crippen LogP contribution < -0.4 is 5.32 Å². The molecule has 94 valence electrons. The van der Waals surface area contributed by atoms with E-state index in [9.17, 15) is 0 Å². The number of anilines is 1. The molecule has 1 aromatic rings. The Labute approximate surface area is 104 Å². The molecule has 2 rings (SSSR count). The molecule has 0 saturated heterocycles. The first-order valence-electron chi connectivity index (χ1n) is 6.73. The minimum Gasteiger partial charge on any atom is -0.366 e. The van der Waals surface area contributed by atoms with Crippen LogP contribution in [0.2, 0.25) is 0 Å². The van der Waals surface area contributed by atoms with E-state index in [2.05, 4.69) is 29.4 Å². The predicted molar refractivity (Wildman–Crippen MR) is 71.0 cm³/mol. The summed E-state index contributed by atoms with van der Waals surface area (Å²) in [6.45, 7) is 6.62. The molecule has 1 aromatic heterocycles. The van der Waals surface area contributed by atoms with Crippen molar-refractivity contribution in [2.24, 2.45) is 11.8 Å². The maximum Gasteiger partial charge on any atom is 0.148 e. The number of hydrogen-bond donors (Lipinski definition) is 1. The van der Waals surface area contributed by atoms with E-state index in [1.807, 2.05) is 19.1 Å². The summed E-state index contributed by atoms with van der Waals surface area (Å²) in [5.41, 5.74) is 0.972. The van der Waals surface area contributed by atoms with Gasteiger partial charge in [0.25, 0.3) is 0 Å². The van der Waals surface area contributed by atoms with Crippen LogP contribution in [0.4, 0.5) is 5.82 Å². The molecule has 1 heterocycles. The Bertz CT molecular complexity index is 345. The summed E-state index contributed by atoms with van der Waals surface area (Å²) in [6, 6.07) is 4.62. The molecule has 1 aliphatic carbocycles. The van der Waals surface area contributed by atoms with E-state index >= 15 is 0 Å². The summed E-state index contributed by atoms with van der Waals surface area (Å²) in [7, 11) is 0. The van der Waals surface area contributed by atoms with E-state index in [-0.39, 0.29) is 0 Å². The van der Waals surface area contributed by atoms with Crippen LogP contribution in [0.3, 0.4) is 0 Å². The van der Waals surface area contributed by atoms with E-state index in [4.69, 9.17) is 0 Å². The van der Waals surface area contributed by atoms with Gasteiger partial charge in [0.1, 0.15) is 5.82 Å². The third-order valence-electron chi connectivity index (χ3n) is 3.81. The molecular weight excluding hydrogens is 210 g/mol. The van der Waals surface area contributed by atoms with Crippen molar-refractivity contribution in [2.75, 3.05) is 5.32 Å². The normalized spacial score (nSPS) is 24.9. The first-order chi connectivity index (χ1) is 8.16. The van der Waals surface area contributed by atoms with Crippen molar-refractivity contribution in [1.29, 1.82) is 0 Å². The van der Waals surface area contributed by atoms with Gasteiger partial charge in [0.15, 0.2) is 0 Å². The van der Waals surface area contributed by atoms with Crippen molar-refractivity contribution < 1.29 is 0 Å². The quantitative estimate of drug-likeness (QED) is 0.869. The molecule has 2 unspecified atom stereocenters. The second-order valence-electron chi connectivity index (χ2n) is 5.50. The fraction of sp³-hybridized carbons (Fsp3) is 0.714. The molecular formula is C14H23N3. The van der Waals surface area contributed by atoms with Crippen LogP contribution in [-0.2, 0) is 0 Å². The Hall–Kier alpha value is -1.12. The lowest BCUT2D eigenvalue weighted by Gasteiger charge is -2.35. The third kappa shape index (κ3) is 3.18. The fourth-order valence-corrected chi connectivity index (χ4v) is 2.80. The summed E-state index contributed by atoms with van der Waals surface area (Å²) in [5, 5.41) is 11.9. The third-order valence-corrected chi connectivity index (χ3v) is 3.81. The van der Waals surface area contributed by atoms with Crippen molar-refractivity contribution in [2.45, 2.75) is 52.5 Å². The van der Waals surface area contributed by atoms with Crippen LogP contribution in [0.1, 0.15) is 45.2 Å². The maximum absolute atomic E-state index is 4.21. The molecule has 1 N–H and O–H groups in total. The zero-order valence-electron chi connectivity index (χ0n) is 11.1. The van der Waals surface area contributed by atoms with Crippen molar-refractivity contribution in [3.8, 4) is 0 Å². The van der Waals surface area contributed by atoms with Gasteiger partial charge >= 0.3 is 0 Å². The molecule has 0 bridgehead atoms. The molecule has 0 aliphatic heterocycles. The molecule has 0 amide bonds. The van der Waals surface area contributed by atoms with Gasteiger partial charge in [0.05, 0.1) is 5.69 Å². The Kier molecular flexibility index (Phi) is 3.97. The van der Waals surface area contributed by atoms with Crippen LogP contribution in [0.5, 0.6) is 0 Å². The monoisotopic (exact) mass is 233 g/mol. The zero-order valence-corrected chi connectivity index (χ0v) is 11.1.